The number of hydrogen-bond acceptors (Lipinski definition) is 5. The highest BCUT2D eigenvalue weighted by atomic mass is 16.2. The summed E-state index contributed by atoms with van der Waals surface area (Å²) < 4.78 is 0.444. The summed E-state index contributed by atoms with van der Waals surface area (Å²) >= 11 is 0. The zero-order valence-corrected chi connectivity index (χ0v) is 6.37. The standard InChI is InChI=1S/C5H6N6O2/c6-4-8-1-2(9-4)10-5(13)11(7)3(1)12/h7H2,(H,10,13)(H3,6,8,9). The van der Waals surface area contributed by atoms with Crippen molar-refractivity contribution in [1.29, 1.82) is 0 Å². The average Bonchev–Trinajstić information content (AvgIpc) is 2.42. The minimum Gasteiger partial charge on any atom is -0.369 e. The molecule has 0 radical (unpaired) electrons. The minimum atomic E-state index is -0.732. The molecule has 6 N–H and O–H groups in total. The molecule has 0 spiro atoms. The molecule has 0 aliphatic heterocycles. The van der Waals surface area contributed by atoms with Gasteiger partial charge in [-0.1, -0.05) is 0 Å². The molecule has 13 heavy (non-hydrogen) atoms. The molecule has 0 aromatic carbocycles. The molecule has 0 unspecified atom stereocenters. The highest BCUT2D eigenvalue weighted by molar-refractivity contribution is 5.71. The lowest BCUT2D eigenvalue weighted by Gasteiger charge is -1.92. The molecule has 0 aliphatic rings. The molecule has 2 aromatic heterocycles. The number of nitrogens with two attached hydrogens (primary N) is 2. The second kappa shape index (κ2) is 2.12. The summed E-state index contributed by atoms with van der Waals surface area (Å²) in [7, 11) is 0. The number of anilines is 1. The zero-order valence-electron chi connectivity index (χ0n) is 6.37. The van der Waals surface area contributed by atoms with Crippen molar-refractivity contribution in [3.05, 3.63) is 20.8 Å². The van der Waals surface area contributed by atoms with Gasteiger partial charge >= 0.3 is 11.2 Å². The summed E-state index contributed by atoms with van der Waals surface area (Å²) in [5, 5.41) is 0. The molecule has 0 fully saturated rings. The molecular formula is C5H6N6O2. The Morgan fingerprint density at radius 3 is 2.69 bits per heavy atom. The number of H-pyrrole nitrogens is 2. The number of nitrogens with one attached hydrogen (secondary N) is 2. The van der Waals surface area contributed by atoms with E-state index in [0.717, 1.165) is 0 Å². The van der Waals surface area contributed by atoms with E-state index in [4.69, 9.17) is 11.6 Å². The monoisotopic (exact) mass is 182 g/mol. The first kappa shape index (κ1) is 7.40. The van der Waals surface area contributed by atoms with Crippen molar-refractivity contribution < 1.29 is 0 Å². The van der Waals surface area contributed by atoms with Crippen LogP contribution in [0.4, 0.5) is 5.95 Å². The first-order chi connectivity index (χ1) is 6.09. The maximum absolute atomic E-state index is 11.3. The maximum atomic E-state index is 11.3. The fraction of sp³-hybridized carbons (Fsp3) is 0. The van der Waals surface area contributed by atoms with Gasteiger partial charge in [-0.05, 0) is 0 Å². The Hall–Kier alpha value is -2.25. The van der Waals surface area contributed by atoms with E-state index in [-0.39, 0.29) is 17.1 Å². The number of nitrogens with zero attached hydrogens (tertiary/aromatic N) is 2. The second-order valence-electron chi connectivity index (χ2n) is 2.45. The molecule has 0 atom stereocenters. The number of aromatic amines is 2. The highest BCUT2D eigenvalue weighted by Crippen LogP contribution is 2.00. The van der Waals surface area contributed by atoms with E-state index in [1.165, 1.54) is 0 Å². The lowest BCUT2D eigenvalue weighted by atomic mass is 10.5. The number of fused-ring (bicyclic) bond motifs is 1. The molecule has 68 valence electrons. The number of imidazole rings is 1. The molecular weight excluding hydrogens is 176 g/mol. The number of rotatable bonds is 0. The normalized spacial score (nSPS) is 10.8. The van der Waals surface area contributed by atoms with Crippen LogP contribution in [0, 0.1) is 0 Å². The van der Waals surface area contributed by atoms with E-state index in [9.17, 15) is 9.59 Å². The fourth-order valence-electron chi connectivity index (χ4n) is 1.01. The van der Waals surface area contributed by atoms with Crippen molar-refractivity contribution in [3.63, 3.8) is 0 Å². The van der Waals surface area contributed by atoms with Crippen LogP contribution < -0.4 is 22.8 Å². The summed E-state index contributed by atoms with van der Waals surface area (Å²) in [4.78, 5) is 30.6. The van der Waals surface area contributed by atoms with Crippen LogP contribution in [0.15, 0.2) is 9.59 Å². The van der Waals surface area contributed by atoms with E-state index < -0.39 is 11.2 Å². The lowest BCUT2D eigenvalue weighted by Crippen LogP contribution is -2.40. The summed E-state index contributed by atoms with van der Waals surface area (Å²) in [6.07, 6.45) is 0. The molecule has 0 saturated carbocycles. The molecule has 0 aliphatic carbocycles. The van der Waals surface area contributed by atoms with Gasteiger partial charge in [-0.15, -0.1) is 0 Å². The van der Waals surface area contributed by atoms with Gasteiger partial charge in [-0.2, -0.15) is 9.66 Å². The van der Waals surface area contributed by atoms with Gasteiger partial charge in [-0.25, -0.2) is 4.79 Å². The Morgan fingerprint density at radius 2 is 2.00 bits per heavy atom. The lowest BCUT2D eigenvalue weighted by molar-refractivity contribution is 0.852. The highest BCUT2D eigenvalue weighted by Gasteiger charge is 2.08. The number of nitrogen functional groups attached to an aromatic ring is 2. The summed E-state index contributed by atoms with van der Waals surface area (Å²) in [5.41, 5.74) is 4.07. The topological polar surface area (TPSA) is 136 Å². The van der Waals surface area contributed by atoms with E-state index >= 15 is 0 Å². The Balaban J connectivity index is 3.10. The van der Waals surface area contributed by atoms with Crippen LogP contribution in [0.2, 0.25) is 0 Å². The average molecular weight is 182 g/mol. The summed E-state index contributed by atoms with van der Waals surface area (Å²) in [6, 6.07) is 0. The van der Waals surface area contributed by atoms with Crippen LogP contribution in [0.5, 0.6) is 0 Å². The van der Waals surface area contributed by atoms with E-state index in [1.807, 2.05) is 0 Å². The quantitative estimate of drug-likeness (QED) is 0.340. The zero-order chi connectivity index (χ0) is 9.59. The maximum Gasteiger partial charge on any atom is 0.348 e. The van der Waals surface area contributed by atoms with Gasteiger partial charge in [0.05, 0.1) is 0 Å². The Labute approximate surface area is 70.2 Å². The van der Waals surface area contributed by atoms with Crippen molar-refractivity contribution in [3.8, 4) is 0 Å². The van der Waals surface area contributed by atoms with Crippen molar-refractivity contribution in [2.75, 3.05) is 11.6 Å². The van der Waals surface area contributed by atoms with Crippen molar-refractivity contribution in [2.24, 2.45) is 0 Å². The van der Waals surface area contributed by atoms with Gasteiger partial charge in [0.2, 0.25) is 0 Å². The van der Waals surface area contributed by atoms with Crippen LogP contribution >= 0.6 is 0 Å². The van der Waals surface area contributed by atoms with Crippen molar-refractivity contribution in [1.82, 2.24) is 19.6 Å². The third-order valence-corrected chi connectivity index (χ3v) is 1.60. The number of hydrogen-bond donors (Lipinski definition) is 4. The van der Waals surface area contributed by atoms with Crippen LogP contribution in [0.25, 0.3) is 11.2 Å². The van der Waals surface area contributed by atoms with Crippen LogP contribution in [-0.2, 0) is 0 Å². The van der Waals surface area contributed by atoms with Crippen LogP contribution in [0.1, 0.15) is 0 Å². The Morgan fingerprint density at radius 1 is 1.31 bits per heavy atom. The fourth-order valence-corrected chi connectivity index (χ4v) is 1.01. The number of aromatic nitrogens is 4. The third kappa shape index (κ3) is 0.883. The van der Waals surface area contributed by atoms with Gasteiger partial charge in [-0.3, -0.25) is 9.78 Å². The Kier molecular flexibility index (Phi) is 1.21. The molecule has 0 bridgehead atoms. The summed E-state index contributed by atoms with van der Waals surface area (Å²) in [5.74, 6) is 5.18. The third-order valence-electron chi connectivity index (χ3n) is 1.60. The van der Waals surface area contributed by atoms with Crippen molar-refractivity contribution >= 4 is 17.1 Å². The molecule has 0 saturated heterocycles. The van der Waals surface area contributed by atoms with Crippen LogP contribution in [0.3, 0.4) is 0 Å². The predicted octanol–water partition coefficient (Wildman–Crippen LogP) is -2.29. The molecule has 2 rings (SSSR count). The summed E-state index contributed by atoms with van der Waals surface area (Å²) in [6.45, 7) is 0. The molecule has 8 nitrogen and oxygen atoms in total. The van der Waals surface area contributed by atoms with Crippen LogP contribution in [-0.4, -0.2) is 19.6 Å². The predicted molar refractivity (Wildman–Crippen MR) is 45.5 cm³/mol. The molecule has 0 amide bonds. The largest absolute Gasteiger partial charge is 0.369 e. The first-order valence-electron chi connectivity index (χ1n) is 3.35. The second-order valence-corrected chi connectivity index (χ2v) is 2.45. The smallest absolute Gasteiger partial charge is 0.348 e. The van der Waals surface area contributed by atoms with E-state index in [1.54, 1.807) is 0 Å². The van der Waals surface area contributed by atoms with Gasteiger partial charge in [0.25, 0.3) is 0 Å². The van der Waals surface area contributed by atoms with Crippen molar-refractivity contribution in [2.45, 2.75) is 0 Å². The SMILES string of the molecule is Nc1nc2[nH]c(=O)n(N)c(=O)c2[nH]1. The molecule has 2 heterocycles. The van der Waals surface area contributed by atoms with Gasteiger partial charge in [0.15, 0.2) is 17.1 Å². The minimum absolute atomic E-state index is 0.0500. The van der Waals surface area contributed by atoms with Gasteiger partial charge in [0.1, 0.15) is 0 Å². The van der Waals surface area contributed by atoms with E-state index in [2.05, 4.69) is 15.0 Å². The van der Waals surface area contributed by atoms with Gasteiger partial charge < -0.3 is 16.6 Å². The first-order valence-corrected chi connectivity index (χ1v) is 3.35. The van der Waals surface area contributed by atoms with E-state index in [0.29, 0.717) is 4.68 Å². The Bertz CT molecular complexity index is 575. The molecule has 2 aromatic rings. The molecule has 8 heteroatoms. The van der Waals surface area contributed by atoms with Gasteiger partial charge in [0, 0.05) is 0 Å².